The Bertz CT molecular complexity index is 577. The molecule has 0 bridgehead atoms. The molecule has 2 aromatic rings. The molecule has 21 heavy (non-hydrogen) atoms. The minimum absolute atomic E-state index is 0.0755. The number of rotatable bonds is 5. The van der Waals surface area contributed by atoms with Crippen LogP contribution >= 0.6 is 0 Å². The standard InChI is InChI=1S/C19H25NO/c1-13(2)17-11-10-14(3)18(12-17)21-15(4)19(20)16-8-6-5-7-9-16/h5-13,15,19H,20H2,1-4H3. The molecular weight excluding hydrogens is 258 g/mol. The third kappa shape index (κ3) is 3.85. The van der Waals surface area contributed by atoms with Crippen molar-refractivity contribution in [1.29, 1.82) is 0 Å². The van der Waals surface area contributed by atoms with Gasteiger partial charge in [0.1, 0.15) is 11.9 Å². The fraction of sp³-hybridized carbons (Fsp3) is 0.368. The lowest BCUT2D eigenvalue weighted by Gasteiger charge is -2.23. The Morgan fingerprint density at radius 2 is 1.57 bits per heavy atom. The van der Waals surface area contributed by atoms with E-state index in [1.807, 2.05) is 37.3 Å². The van der Waals surface area contributed by atoms with E-state index in [9.17, 15) is 0 Å². The van der Waals surface area contributed by atoms with E-state index in [-0.39, 0.29) is 12.1 Å². The van der Waals surface area contributed by atoms with Gasteiger partial charge in [-0.3, -0.25) is 0 Å². The molecule has 112 valence electrons. The van der Waals surface area contributed by atoms with Crippen LogP contribution in [-0.4, -0.2) is 6.10 Å². The number of ether oxygens (including phenoxy) is 1. The van der Waals surface area contributed by atoms with Gasteiger partial charge in [-0.2, -0.15) is 0 Å². The molecule has 0 aliphatic carbocycles. The number of aryl methyl sites for hydroxylation is 1. The van der Waals surface area contributed by atoms with Gasteiger partial charge < -0.3 is 10.5 Å². The second kappa shape index (κ2) is 6.77. The van der Waals surface area contributed by atoms with E-state index in [2.05, 4.69) is 39.0 Å². The number of hydrogen-bond acceptors (Lipinski definition) is 2. The lowest BCUT2D eigenvalue weighted by molar-refractivity contribution is 0.189. The van der Waals surface area contributed by atoms with Crippen molar-refractivity contribution in [3.8, 4) is 5.75 Å². The molecule has 2 rings (SSSR count). The van der Waals surface area contributed by atoms with Gasteiger partial charge in [0.25, 0.3) is 0 Å². The molecule has 2 N–H and O–H groups in total. The Balaban J connectivity index is 2.15. The molecule has 0 aliphatic rings. The molecule has 2 atom stereocenters. The average Bonchev–Trinajstić information content (AvgIpc) is 2.49. The molecule has 0 saturated heterocycles. The van der Waals surface area contributed by atoms with E-state index in [4.69, 9.17) is 10.5 Å². The Labute approximate surface area is 127 Å². The summed E-state index contributed by atoms with van der Waals surface area (Å²) < 4.78 is 6.13. The lowest BCUT2D eigenvalue weighted by atomic mass is 10.0. The normalized spacial score (nSPS) is 14.0. The molecule has 2 nitrogen and oxygen atoms in total. The second-order valence-corrected chi connectivity index (χ2v) is 5.94. The summed E-state index contributed by atoms with van der Waals surface area (Å²) in [5.41, 5.74) is 9.84. The SMILES string of the molecule is Cc1ccc(C(C)C)cc1OC(C)C(N)c1ccccc1. The highest BCUT2D eigenvalue weighted by molar-refractivity contribution is 5.38. The Hall–Kier alpha value is -1.80. The summed E-state index contributed by atoms with van der Waals surface area (Å²) in [5, 5.41) is 0. The molecule has 2 aromatic carbocycles. The third-order valence-corrected chi connectivity index (χ3v) is 3.88. The summed E-state index contributed by atoms with van der Waals surface area (Å²) in [6.45, 7) is 8.47. The van der Waals surface area contributed by atoms with E-state index < -0.39 is 0 Å². The first-order chi connectivity index (χ1) is 9.99. The van der Waals surface area contributed by atoms with Crippen molar-refractivity contribution in [2.24, 2.45) is 5.73 Å². The minimum Gasteiger partial charge on any atom is -0.488 e. The summed E-state index contributed by atoms with van der Waals surface area (Å²) in [7, 11) is 0. The van der Waals surface area contributed by atoms with Crippen LogP contribution in [-0.2, 0) is 0 Å². The molecule has 2 heteroatoms. The van der Waals surface area contributed by atoms with Gasteiger partial charge in [0.2, 0.25) is 0 Å². The van der Waals surface area contributed by atoms with Crippen molar-refractivity contribution in [1.82, 2.24) is 0 Å². The van der Waals surface area contributed by atoms with Crippen molar-refractivity contribution in [2.45, 2.75) is 45.8 Å². The maximum Gasteiger partial charge on any atom is 0.122 e. The van der Waals surface area contributed by atoms with Gasteiger partial charge in [-0.05, 0) is 42.5 Å². The van der Waals surface area contributed by atoms with Crippen LogP contribution in [0.4, 0.5) is 0 Å². The molecule has 2 unspecified atom stereocenters. The smallest absolute Gasteiger partial charge is 0.122 e. The van der Waals surface area contributed by atoms with Crippen LogP contribution in [0.2, 0.25) is 0 Å². The van der Waals surface area contributed by atoms with Gasteiger partial charge in [0, 0.05) is 0 Å². The summed E-state index contributed by atoms with van der Waals surface area (Å²) in [6, 6.07) is 16.4. The largest absolute Gasteiger partial charge is 0.488 e. The molecule has 0 radical (unpaired) electrons. The number of nitrogens with two attached hydrogens (primary N) is 1. The second-order valence-electron chi connectivity index (χ2n) is 5.94. The van der Waals surface area contributed by atoms with Crippen molar-refractivity contribution < 1.29 is 4.74 Å². The van der Waals surface area contributed by atoms with E-state index in [1.165, 1.54) is 5.56 Å². The van der Waals surface area contributed by atoms with E-state index in [0.29, 0.717) is 5.92 Å². The fourth-order valence-electron chi connectivity index (χ4n) is 2.32. The van der Waals surface area contributed by atoms with Crippen molar-refractivity contribution in [3.63, 3.8) is 0 Å². The Morgan fingerprint density at radius 1 is 0.905 bits per heavy atom. The maximum atomic E-state index is 6.31. The van der Waals surface area contributed by atoms with Crippen molar-refractivity contribution in [2.75, 3.05) is 0 Å². The quantitative estimate of drug-likeness (QED) is 0.871. The first-order valence-corrected chi connectivity index (χ1v) is 7.56. The fourth-order valence-corrected chi connectivity index (χ4v) is 2.32. The van der Waals surface area contributed by atoms with Crippen molar-refractivity contribution in [3.05, 3.63) is 65.2 Å². The van der Waals surface area contributed by atoms with Crippen LogP contribution < -0.4 is 10.5 Å². The van der Waals surface area contributed by atoms with E-state index >= 15 is 0 Å². The van der Waals surface area contributed by atoms with Crippen LogP contribution in [0.5, 0.6) is 5.75 Å². The van der Waals surface area contributed by atoms with E-state index in [1.54, 1.807) is 0 Å². The predicted octanol–water partition coefficient (Wildman–Crippen LogP) is 4.59. The van der Waals surface area contributed by atoms with Crippen LogP contribution in [0.25, 0.3) is 0 Å². The lowest BCUT2D eigenvalue weighted by Crippen LogP contribution is -2.28. The Morgan fingerprint density at radius 3 is 2.19 bits per heavy atom. The monoisotopic (exact) mass is 283 g/mol. The zero-order valence-electron chi connectivity index (χ0n) is 13.3. The highest BCUT2D eigenvalue weighted by atomic mass is 16.5. The maximum absolute atomic E-state index is 6.31. The molecule has 0 aliphatic heterocycles. The zero-order chi connectivity index (χ0) is 15.4. The van der Waals surface area contributed by atoms with Gasteiger partial charge >= 0.3 is 0 Å². The highest BCUT2D eigenvalue weighted by Gasteiger charge is 2.17. The third-order valence-electron chi connectivity index (χ3n) is 3.88. The Kier molecular flexibility index (Phi) is 5.03. The van der Waals surface area contributed by atoms with Gasteiger partial charge in [-0.25, -0.2) is 0 Å². The van der Waals surface area contributed by atoms with Crippen LogP contribution in [0.3, 0.4) is 0 Å². The first-order valence-electron chi connectivity index (χ1n) is 7.56. The average molecular weight is 283 g/mol. The summed E-state index contributed by atoms with van der Waals surface area (Å²) in [5.74, 6) is 1.42. The van der Waals surface area contributed by atoms with Gasteiger partial charge in [0.05, 0.1) is 6.04 Å². The van der Waals surface area contributed by atoms with E-state index in [0.717, 1.165) is 16.9 Å². The van der Waals surface area contributed by atoms with Gasteiger partial charge in [0.15, 0.2) is 0 Å². The highest BCUT2D eigenvalue weighted by Crippen LogP contribution is 2.27. The minimum atomic E-state index is -0.131. The number of benzene rings is 2. The molecule has 0 aromatic heterocycles. The summed E-state index contributed by atoms with van der Waals surface area (Å²) >= 11 is 0. The predicted molar refractivity (Wildman–Crippen MR) is 88.7 cm³/mol. The van der Waals surface area contributed by atoms with Crippen molar-refractivity contribution >= 4 is 0 Å². The molecule has 0 fully saturated rings. The first kappa shape index (κ1) is 15.6. The number of hydrogen-bond donors (Lipinski definition) is 1. The molecule has 0 saturated carbocycles. The van der Waals surface area contributed by atoms with Crippen LogP contribution in [0.15, 0.2) is 48.5 Å². The zero-order valence-corrected chi connectivity index (χ0v) is 13.3. The molecular formula is C19H25NO. The van der Waals surface area contributed by atoms with Gasteiger partial charge in [-0.1, -0.05) is 56.3 Å². The van der Waals surface area contributed by atoms with Crippen LogP contribution in [0.1, 0.15) is 49.4 Å². The topological polar surface area (TPSA) is 35.2 Å². The molecule has 0 spiro atoms. The van der Waals surface area contributed by atoms with Crippen LogP contribution in [0, 0.1) is 6.92 Å². The summed E-state index contributed by atoms with van der Waals surface area (Å²) in [6.07, 6.45) is -0.0755. The molecule has 0 heterocycles. The summed E-state index contributed by atoms with van der Waals surface area (Å²) in [4.78, 5) is 0. The molecule has 0 amide bonds. The van der Waals surface area contributed by atoms with Gasteiger partial charge in [-0.15, -0.1) is 0 Å².